The fraction of sp³-hybridized carbons (Fsp3) is 0.400. The van der Waals surface area contributed by atoms with Crippen LogP contribution in [0.5, 0.6) is 0 Å². The summed E-state index contributed by atoms with van der Waals surface area (Å²) < 4.78 is 4.42. The Balaban J connectivity index is 1.83. The van der Waals surface area contributed by atoms with E-state index < -0.39 is 0 Å². The smallest absolute Gasteiger partial charge is 0.174 e. The molecule has 24 heavy (non-hydrogen) atoms. The van der Waals surface area contributed by atoms with E-state index in [0.717, 1.165) is 18.9 Å². The van der Waals surface area contributed by atoms with E-state index >= 15 is 0 Å². The van der Waals surface area contributed by atoms with Crippen molar-refractivity contribution >= 4 is 0 Å². The van der Waals surface area contributed by atoms with Gasteiger partial charge in [-0.3, -0.25) is 0 Å². The Hall–Kier alpha value is -2.36. The van der Waals surface area contributed by atoms with Gasteiger partial charge in [0.1, 0.15) is 0 Å². The van der Waals surface area contributed by atoms with Crippen molar-refractivity contribution in [2.75, 3.05) is 0 Å². The first kappa shape index (κ1) is 18.0. The average Bonchev–Trinajstić information content (AvgIpc) is 2.58. The highest BCUT2D eigenvalue weighted by Crippen LogP contribution is 2.00. The molecule has 2 rings (SSSR count). The summed E-state index contributed by atoms with van der Waals surface area (Å²) in [4.78, 5) is 0. The molecule has 0 radical (unpaired) electrons. The van der Waals surface area contributed by atoms with Crippen molar-refractivity contribution in [1.29, 1.82) is 0 Å². The third kappa shape index (κ3) is 5.37. The minimum absolute atomic E-state index is 0.469. The maximum atomic E-state index is 4.06. The second-order valence-corrected chi connectivity index (χ2v) is 6.69. The van der Waals surface area contributed by atoms with Crippen molar-refractivity contribution in [1.82, 2.24) is 10.6 Å². The number of pyridine rings is 2. The quantitative estimate of drug-likeness (QED) is 0.731. The first-order valence-electron chi connectivity index (χ1n) is 8.61. The van der Waals surface area contributed by atoms with Crippen molar-refractivity contribution in [3.8, 4) is 0 Å². The summed E-state index contributed by atoms with van der Waals surface area (Å²) in [6, 6.07) is 9.36. The summed E-state index contributed by atoms with van der Waals surface area (Å²) in [5.74, 6) is 0.842. The van der Waals surface area contributed by atoms with Gasteiger partial charge in [-0.05, 0) is 39.8 Å². The summed E-state index contributed by atoms with van der Waals surface area (Å²) in [6.07, 6.45) is 8.54. The third-order valence-corrected chi connectivity index (χ3v) is 3.97. The van der Waals surface area contributed by atoms with Crippen LogP contribution in [0.3, 0.4) is 0 Å². The van der Waals surface area contributed by atoms with Gasteiger partial charge < -0.3 is 10.6 Å². The van der Waals surface area contributed by atoms with E-state index in [1.807, 2.05) is 0 Å². The monoisotopic (exact) mass is 326 g/mol. The van der Waals surface area contributed by atoms with E-state index in [-0.39, 0.29) is 0 Å². The molecule has 4 heteroatoms. The number of hydrogen-bond donors (Lipinski definition) is 2. The molecule has 0 aliphatic heterocycles. The van der Waals surface area contributed by atoms with E-state index in [9.17, 15) is 0 Å². The predicted molar refractivity (Wildman–Crippen MR) is 96.9 cm³/mol. The highest BCUT2D eigenvalue weighted by molar-refractivity contribution is 5.09. The molecule has 2 heterocycles. The molecule has 0 atom stereocenters. The Morgan fingerprint density at radius 1 is 0.875 bits per heavy atom. The summed E-state index contributed by atoms with van der Waals surface area (Å²) in [6.45, 7) is 14.3. The molecule has 0 saturated heterocycles. The van der Waals surface area contributed by atoms with Crippen LogP contribution in [0.1, 0.15) is 50.9 Å². The van der Waals surface area contributed by atoms with Crippen molar-refractivity contribution in [2.24, 2.45) is 0 Å². The molecule has 0 spiro atoms. The Bertz CT molecular complexity index is 619. The van der Waals surface area contributed by atoms with Crippen molar-refractivity contribution < 1.29 is 9.13 Å². The van der Waals surface area contributed by atoms with Crippen LogP contribution in [-0.4, -0.2) is 0 Å². The van der Waals surface area contributed by atoms with Gasteiger partial charge in [0, 0.05) is 36.3 Å². The van der Waals surface area contributed by atoms with Gasteiger partial charge >= 0.3 is 0 Å². The highest BCUT2D eigenvalue weighted by Gasteiger charge is 2.08. The van der Waals surface area contributed by atoms with E-state index in [2.05, 4.69) is 103 Å². The Morgan fingerprint density at radius 2 is 1.29 bits per heavy atom. The van der Waals surface area contributed by atoms with Gasteiger partial charge in [-0.1, -0.05) is 6.58 Å². The molecule has 0 aromatic carbocycles. The van der Waals surface area contributed by atoms with Gasteiger partial charge in [0.2, 0.25) is 0 Å². The second kappa shape index (κ2) is 8.48. The zero-order valence-electron chi connectivity index (χ0n) is 15.3. The lowest BCUT2D eigenvalue weighted by molar-refractivity contribution is -0.716. The molecule has 0 saturated carbocycles. The SMILES string of the molecule is C=C(NCc1ccc[n+](C(C)C)c1)NCc1ccc[n+](C(C)C)c1. The summed E-state index contributed by atoms with van der Waals surface area (Å²) >= 11 is 0. The van der Waals surface area contributed by atoms with Gasteiger partial charge in [-0.25, -0.2) is 9.13 Å². The molecule has 2 aromatic rings. The van der Waals surface area contributed by atoms with Gasteiger partial charge in [0.25, 0.3) is 0 Å². The van der Waals surface area contributed by atoms with Crippen molar-refractivity contribution in [3.63, 3.8) is 0 Å². The van der Waals surface area contributed by atoms with E-state index in [0.29, 0.717) is 12.1 Å². The molecule has 0 bridgehead atoms. The molecule has 2 N–H and O–H groups in total. The average molecular weight is 326 g/mol. The summed E-state index contributed by atoms with van der Waals surface area (Å²) in [7, 11) is 0. The van der Waals surface area contributed by atoms with Crippen molar-refractivity contribution in [3.05, 3.63) is 72.6 Å². The third-order valence-electron chi connectivity index (χ3n) is 3.97. The van der Waals surface area contributed by atoms with Crippen LogP contribution < -0.4 is 19.8 Å². The molecule has 128 valence electrons. The van der Waals surface area contributed by atoms with Gasteiger partial charge in [-0.15, -0.1) is 0 Å². The second-order valence-electron chi connectivity index (χ2n) is 6.69. The van der Waals surface area contributed by atoms with Crippen LogP contribution >= 0.6 is 0 Å². The molecule has 0 aliphatic carbocycles. The molecule has 0 amide bonds. The molecular weight excluding hydrogens is 296 g/mol. The van der Waals surface area contributed by atoms with E-state index in [4.69, 9.17) is 0 Å². The Labute approximate surface area is 145 Å². The zero-order valence-corrected chi connectivity index (χ0v) is 15.3. The molecule has 4 nitrogen and oxygen atoms in total. The van der Waals surface area contributed by atoms with Crippen LogP contribution in [0.25, 0.3) is 0 Å². The number of rotatable bonds is 8. The minimum atomic E-state index is 0.469. The lowest BCUT2D eigenvalue weighted by Crippen LogP contribution is -2.36. The molecule has 0 unspecified atom stereocenters. The lowest BCUT2D eigenvalue weighted by Gasteiger charge is -2.12. The highest BCUT2D eigenvalue weighted by atomic mass is 15.1. The molecule has 0 fully saturated rings. The van der Waals surface area contributed by atoms with Crippen LogP contribution in [-0.2, 0) is 13.1 Å². The topological polar surface area (TPSA) is 31.8 Å². The maximum Gasteiger partial charge on any atom is 0.174 e. The number of nitrogens with zero attached hydrogens (tertiary/aromatic N) is 2. The standard InChI is InChI=1S/C20H30N4/c1-16(2)23-10-6-8-19(14-23)12-21-18(5)22-13-20-9-7-11-24(15-20)17(3)4/h6-11,14-17,21-22H,5,12-13H2,1-4H3/q+2. The first-order chi connectivity index (χ1) is 11.5. The maximum absolute atomic E-state index is 4.06. The van der Waals surface area contributed by atoms with Crippen molar-refractivity contribution in [2.45, 2.75) is 52.9 Å². The zero-order chi connectivity index (χ0) is 17.5. The Morgan fingerprint density at radius 3 is 1.67 bits per heavy atom. The normalized spacial score (nSPS) is 10.9. The van der Waals surface area contributed by atoms with Crippen LogP contribution in [0.15, 0.2) is 61.5 Å². The predicted octanol–water partition coefficient (Wildman–Crippen LogP) is 2.77. The summed E-state index contributed by atoms with van der Waals surface area (Å²) in [5, 5.41) is 6.69. The first-order valence-corrected chi connectivity index (χ1v) is 8.61. The number of nitrogens with one attached hydrogen (secondary N) is 2. The van der Waals surface area contributed by atoms with E-state index in [1.165, 1.54) is 11.1 Å². The summed E-state index contributed by atoms with van der Waals surface area (Å²) in [5.41, 5.74) is 2.48. The molecular formula is C20H30N4+2. The number of hydrogen-bond acceptors (Lipinski definition) is 2. The van der Waals surface area contributed by atoms with Crippen LogP contribution in [0.4, 0.5) is 0 Å². The lowest BCUT2D eigenvalue weighted by atomic mass is 10.2. The van der Waals surface area contributed by atoms with E-state index in [1.54, 1.807) is 0 Å². The fourth-order valence-electron chi connectivity index (χ4n) is 2.42. The Kier molecular flexibility index (Phi) is 6.36. The fourth-order valence-corrected chi connectivity index (χ4v) is 2.42. The largest absolute Gasteiger partial charge is 0.368 e. The van der Waals surface area contributed by atoms with Gasteiger partial charge in [0.15, 0.2) is 36.9 Å². The minimum Gasteiger partial charge on any atom is -0.368 e. The number of aromatic nitrogens is 2. The van der Waals surface area contributed by atoms with Gasteiger partial charge in [0.05, 0.1) is 5.82 Å². The van der Waals surface area contributed by atoms with Crippen LogP contribution in [0, 0.1) is 0 Å². The molecule has 2 aromatic heterocycles. The van der Waals surface area contributed by atoms with Crippen LogP contribution in [0.2, 0.25) is 0 Å². The van der Waals surface area contributed by atoms with Gasteiger partial charge in [-0.2, -0.15) is 0 Å². The molecule has 0 aliphatic rings.